The second-order valence-corrected chi connectivity index (χ2v) is 5.67. The molecule has 23 heavy (non-hydrogen) atoms. The van der Waals surface area contributed by atoms with Crippen molar-refractivity contribution < 1.29 is 14.7 Å². The summed E-state index contributed by atoms with van der Waals surface area (Å²) in [5.41, 5.74) is 2.67. The molecular formula is C17H21N3O3. The van der Waals surface area contributed by atoms with E-state index in [4.69, 9.17) is 10.4 Å². The molecule has 0 aromatic heterocycles. The lowest BCUT2D eigenvalue weighted by atomic mass is 10.0. The van der Waals surface area contributed by atoms with Crippen molar-refractivity contribution in [2.24, 2.45) is 5.92 Å². The number of nitrogens with zero attached hydrogens (tertiary/aromatic N) is 1. The van der Waals surface area contributed by atoms with Gasteiger partial charge in [0.25, 0.3) is 5.91 Å². The molecule has 3 N–H and O–H groups in total. The molecule has 1 rings (SSSR count). The molecule has 0 aliphatic heterocycles. The number of benzene rings is 1. The first-order valence-electron chi connectivity index (χ1n) is 7.24. The highest BCUT2D eigenvalue weighted by atomic mass is 16.4. The van der Waals surface area contributed by atoms with E-state index in [1.807, 2.05) is 32.0 Å². The highest BCUT2D eigenvalue weighted by Crippen LogP contribution is 2.16. The van der Waals surface area contributed by atoms with Gasteiger partial charge in [-0.2, -0.15) is 5.26 Å². The molecule has 6 heteroatoms. The third kappa shape index (κ3) is 5.15. The van der Waals surface area contributed by atoms with E-state index in [-0.39, 0.29) is 11.5 Å². The molecule has 0 bridgehead atoms. The van der Waals surface area contributed by atoms with E-state index in [0.29, 0.717) is 0 Å². The quantitative estimate of drug-likeness (QED) is 0.552. The van der Waals surface area contributed by atoms with Gasteiger partial charge in [-0.1, -0.05) is 31.5 Å². The first-order chi connectivity index (χ1) is 10.8. The first kappa shape index (κ1) is 18.2. The van der Waals surface area contributed by atoms with Gasteiger partial charge in [0.05, 0.1) is 0 Å². The Hall–Kier alpha value is -2.81. The number of nitrogens with one attached hydrogen (secondary N) is 2. The monoisotopic (exact) mass is 315 g/mol. The van der Waals surface area contributed by atoms with Crippen molar-refractivity contribution in [1.82, 2.24) is 5.32 Å². The van der Waals surface area contributed by atoms with Crippen LogP contribution in [-0.4, -0.2) is 23.0 Å². The molecule has 0 saturated heterocycles. The summed E-state index contributed by atoms with van der Waals surface area (Å²) in [6.45, 7) is 7.25. The number of nitriles is 1. The number of anilines is 1. The second kappa shape index (κ2) is 7.99. The molecule has 0 heterocycles. The Balaban J connectivity index is 2.88. The van der Waals surface area contributed by atoms with Gasteiger partial charge < -0.3 is 15.7 Å². The minimum atomic E-state index is -1.13. The predicted octanol–water partition coefficient (Wildman–Crippen LogP) is 2.35. The van der Waals surface area contributed by atoms with E-state index >= 15 is 0 Å². The number of carbonyl (C=O) groups is 2. The number of carbonyl (C=O) groups excluding carboxylic acids is 1. The number of carboxylic acid groups (broad SMARTS) is 1. The van der Waals surface area contributed by atoms with Crippen LogP contribution in [0.3, 0.4) is 0 Å². The molecule has 1 amide bonds. The molecule has 0 saturated carbocycles. The topological polar surface area (TPSA) is 102 Å². The molecule has 6 nitrogen and oxygen atoms in total. The number of rotatable bonds is 6. The molecule has 0 aliphatic rings. The van der Waals surface area contributed by atoms with Crippen LogP contribution in [0, 0.1) is 31.1 Å². The Morgan fingerprint density at radius 3 is 2.43 bits per heavy atom. The van der Waals surface area contributed by atoms with E-state index in [1.165, 1.54) is 6.20 Å². The highest BCUT2D eigenvalue weighted by molar-refractivity contribution is 5.99. The first-order valence-corrected chi connectivity index (χ1v) is 7.24. The maximum absolute atomic E-state index is 12.0. The van der Waals surface area contributed by atoms with Crippen molar-refractivity contribution in [2.75, 3.05) is 5.32 Å². The molecule has 0 fully saturated rings. The number of aryl methyl sites for hydroxylation is 2. The molecule has 1 aromatic carbocycles. The molecule has 1 unspecified atom stereocenters. The number of carboxylic acids is 1. The van der Waals surface area contributed by atoms with Crippen molar-refractivity contribution in [3.8, 4) is 6.07 Å². The molecular weight excluding hydrogens is 294 g/mol. The van der Waals surface area contributed by atoms with Crippen molar-refractivity contribution in [3.63, 3.8) is 0 Å². The Bertz CT molecular complexity index is 672. The number of amides is 1. The summed E-state index contributed by atoms with van der Waals surface area (Å²) in [5, 5.41) is 23.5. The van der Waals surface area contributed by atoms with Crippen LogP contribution >= 0.6 is 0 Å². The zero-order valence-corrected chi connectivity index (χ0v) is 13.7. The minimum absolute atomic E-state index is 0.183. The van der Waals surface area contributed by atoms with E-state index in [9.17, 15) is 9.59 Å². The Morgan fingerprint density at radius 2 is 1.96 bits per heavy atom. The van der Waals surface area contributed by atoms with Crippen LogP contribution in [0.4, 0.5) is 5.69 Å². The van der Waals surface area contributed by atoms with Gasteiger partial charge >= 0.3 is 5.97 Å². The van der Waals surface area contributed by atoms with Crippen molar-refractivity contribution in [1.29, 1.82) is 5.26 Å². The van der Waals surface area contributed by atoms with Crippen LogP contribution < -0.4 is 10.6 Å². The Labute approximate surface area is 135 Å². The van der Waals surface area contributed by atoms with Crippen LogP contribution in [-0.2, 0) is 9.59 Å². The minimum Gasteiger partial charge on any atom is -0.480 e. The van der Waals surface area contributed by atoms with Crippen LogP contribution in [0.1, 0.15) is 25.0 Å². The van der Waals surface area contributed by atoms with Gasteiger partial charge in [0.1, 0.15) is 17.7 Å². The third-order valence-corrected chi connectivity index (χ3v) is 3.34. The lowest BCUT2D eigenvalue weighted by Crippen LogP contribution is -2.44. The van der Waals surface area contributed by atoms with E-state index in [0.717, 1.165) is 16.8 Å². The zero-order valence-electron chi connectivity index (χ0n) is 13.7. The lowest BCUT2D eigenvalue weighted by molar-refractivity contribution is -0.142. The molecule has 122 valence electrons. The fraction of sp³-hybridized carbons (Fsp3) is 0.353. The maximum atomic E-state index is 12.0. The summed E-state index contributed by atoms with van der Waals surface area (Å²) in [7, 11) is 0. The normalized spacial score (nSPS) is 12.4. The summed E-state index contributed by atoms with van der Waals surface area (Å²) in [5.74, 6) is -2.14. The van der Waals surface area contributed by atoms with Crippen LogP contribution in [0.5, 0.6) is 0 Å². The Kier molecular flexibility index (Phi) is 6.34. The van der Waals surface area contributed by atoms with E-state index < -0.39 is 17.9 Å². The second-order valence-electron chi connectivity index (χ2n) is 5.67. The molecule has 1 atom stereocenters. The van der Waals surface area contributed by atoms with Gasteiger partial charge in [0.2, 0.25) is 0 Å². The number of hydrogen-bond donors (Lipinski definition) is 3. The van der Waals surface area contributed by atoms with Gasteiger partial charge in [0, 0.05) is 11.9 Å². The third-order valence-electron chi connectivity index (χ3n) is 3.34. The zero-order chi connectivity index (χ0) is 17.6. The van der Waals surface area contributed by atoms with Crippen molar-refractivity contribution >= 4 is 17.6 Å². The molecule has 0 aliphatic carbocycles. The summed E-state index contributed by atoms with van der Waals surface area (Å²) < 4.78 is 0. The van der Waals surface area contributed by atoms with Crippen LogP contribution in [0.15, 0.2) is 30.0 Å². The average Bonchev–Trinajstić information content (AvgIpc) is 2.46. The van der Waals surface area contributed by atoms with Crippen LogP contribution in [0.2, 0.25) is 0 Å². The fourth-order valence-electron chi connectivity index (χ4n) is 2.01. The largest absolute Gasteiger partial charge is 0.480 e. The van der Waals surface area contributed by atoms with Gasteiger partial charge in [-0.3, -0.25) is 4.79 Å². The van der Waals surface area contributed by atoms with Gasteiger partial charge in [0.15, 0.2) is 0 Å². The standard InChI is InChI=1S/C17H21N3O3/c1-10(2)15(17(22)23)20-16(21)13(8-18)9-19-14-6-5-11(3)7-12(14)4/h5-7,9-10,15,19H,1-4H3,(H,20,21)(H,22,23)/b13-9-. The molecule has 1 aromatic rings. The lowest BCUT2D eigenvalue weighted by Gasteiger charge is -2.17. The number of aliphatic carboxylic acids is 1. The molecule has 0 radical (unpaired) electrons. The highest BCUT2D eigenvalue weighted by Gasteiger charge is 2.24. The van der Waals surface area contributed by atoms with Gasteiger partial charge in [-0.15, -0.1) is 0 Å². The average molecular weight is 315 g/mol. The summed E-state index contributed by atoms with van der Waals surface area (Å²) in [6.07, 6.45) is 1.28. The molecule has 0 spiro atoms. The van der Waals surface area contributed by atoms with Crippen molar-refractivity contribution in [3.05, 3.63) is 41.1 Å². The van der Waals surface area contributed by atoms with Gasteiger partial charge in [-0.05, 0) is 31.4 Å². The van der Waals surface area contributed by atoms with Crippen molar-refractivity contribution in [2.45, 2.75) is 33.7 Å². The maximum Gasteiger partial charge on any atom is 0.326 e. The Morgan fingerprint density at radius 1 is 1.30 bits per heavy atom. The summed E-state index contributed by atoms with van der Waals surface area (Å²) in [4.78, 5) is 23.2. The number of hydrogen-bond acceptors (Lipinski definition) is 4. The van der Waals surface area contributed by atoms with E-state index in [2.05, 4.69) is 10.6 Å². The predicted molar refractivity (Wildman–Crippen MR) is 87.6 cm³/mol. The van der Waals surface area contributed by atoms with E-state index in [1.54, 1.807) is 19.9 Å². The summed E-state index contributed by atoms with van der Waals surface area (Å²) >= 11 is 0. The fourth-order valence-corrected chi connectivity index (χ4v) is 2.01. The van der Waals surface area contributed by atoms with Gasteiger partial charge in [-0.25, -0.2) is 4.79 Å². The van der Waals surface area contributed by atoms with Crippen LogP contribution in [0.25, 0.3) is 0 Å². The SMILES string of the molecule is Cc1ccc(N/C=C(/C#N)C(=O)NC(C(=O)O)C(C)C)c(C)c1. The summed E-state index contributed by atoms with van der Waals surface area (Å²) in [6, 6.07) is 6.47. The smallest absolute Gasteiger partial charge is 0.326 e.